The standard InChI is InChI=1S/C23H25ClN4O2S/c1-16-6-3-4-13-27(16)21(29)15-31-23-26-25-22(17-7-5-8-20(14-17)30-2)28(23)19-11-9-18(24)10-12-19/h5,7-12,14,16H,3-4,6,13,15H2,1-2H3. The zero-order valence-electron chi connectivity index (χ0n) is 17.6. The van der Waals surface area contributed by atoms with Crippen LogP contribution in [-0.4, -0.2) is 51.0 Å². The van der Waals surface area contributed by atoms with E-state index in [0.717, 1.165) is 36.4 Å². The van der Waals surface area contributed by atoms with Crippen molar-refractivity contribution in [1.29, 1.82) is 0 Å². The van der Waals surface area contributed by atoms with Gasteiger partial charge >= 0.3 is 0 Å². The summed E-state index contributed by atoms with van der Waals surface area (Å²) in [5.74, 6) is 1.90. The Bertz CT molecular complexity index is 1050. The Morgan fingerprint density at radius 2 is 2.00 bits per heavy atom. The third-order valence-electron chi connectivity index (χ3n) is 5.49. The number of hydrogen-bond donors (Lipinski definition) is 0. The number of nitrogens with zero attached hydrogens (tertiary/aromatic N) is 4. The van der Waals surface area contributed by atoms with Crippen LogP contribution in [0.5, 0.6) is 5.75 Å². The first-order valence-electron chi connectivity index (χ1n) is 10.3. The van der Waals surface area contributed by atoms with Crippen LogP contribution in [0.2, 0.25) is 5.02 Å². The molecule has 31 heavy (non-hydrogen) atoms. The van der Waals surface area contributed by atoms with E-state index in [-0.39, 0.29) is 5.91 Å². The Hall–Kier alpha value is -2.51. The maximum Gasteiger partial charge on any atom is 0.233 e. The largest absolute Gasteiger partial charge is 0.497 e. The number of thioether (sulfide) groups is 1. The van der Waals surface area contributed by atoms with Crippen molar-refractivity contribution in [2.75, 3.05) is 19.4 Å². The highest BCUT2D eigenvalue weighted by Gasteiger charge is 2.24. The average molecular weight is 457 g/mol. The van der Waals surface area contributed by atoms with Crippen LogP contribution in [0.3, 0.4) is 0 Å². The summed E-state index contributed by atoms with van der Waals surface area (Å²) in [4.78, 5) is 14.8. The topological polar surface area (TPSA) is 60.3 Å². The molecular weight excluding hydrogens is 432 g/mol. The highest BCUT2D eigenvalue weighted by Crippen LogP contribution is 2.30. The molecule has 1 amide bonds. The fraction of sp³-hybridized carbons (Fsp3) is 0.348. The first-order chi connectivity index (χ1) is 15.1. The van der Waals surface area contributed by atoms with Crippen molar-refractivity contribution in [3.05, 3.63) is 53.6 Å². The van der Waals surface area contributed by atoms with E-state index in [4.69, 9.17) is 16.3 Å². The molecule has 0 radical (unpaired) electrons. The van der Waals surface area contributed by atoms with E-state index in [0.29, 0.717) is 27.8 Å². The van der Waals surface area contributed by atoms with Crippen LogP contribution in [0, 0.1) is 0 Å². The normalized spacial score (nSPS) is 16.4. The van der Waals surface area contributed by atoms with E-state index in [1.165, 1.54) is 18.2 Å². The number of ether oxygens (including phenoxy) is 1. The van der Waals surface area contributed by atoms with Gasteiger partial charge in [0.2, 0.25) is 5.91 Å². The number of rotatable bonds is 6. The number of carbonyl (C=O) groups is 1. The van der Waals surface area contributed by atoms with Gasteiger partial charge in [-0.3, -0.25) is 9.36 Å². The second-order valence-corrected chi connectivity index (χ2v) is 8.95. The molecule has 4 rings (SSSR count). The fourth-order valence-electron chi connectivity index (χ4n) is 3.81. The van der Waals surface area contributed by atoms with Gasteiger partial charge in [-0.2, -0.15) is 0 Å². The Kier molecular flexibility index (Phi) is 6.83. The molecule has 1 aliphatic rings. The van der Waals surface area contributed by atoms with Gasteiger partial charge in [0.1, 0.15) is 5.75 Å². The Labute approximate surface area is 191 Å². The molecule has 1 fully saturated rings. The van der Waals surface area contributed by atoms with Gasteiger partial charge in [-0.15, -0.1) is 10.2 Å². The van der Waals surface area contributed by atoms with Crippen LogP contribution in [-0.2, 0) is 4.79 Å². The van der Waals surface area contributed by atoms with Gasteiger partial charge in [0, 0.05) is 28.9 Å². The minimum Gasteiger partial charge on any atom is -0.497 e. The number of carbonyl (C=O) groups excluding carboxylic acids is 1. The Morgan fingerprint density at radius 3 is 2.74 bits per heavy atom. The monoisotopic (exact) mass is 456 g/mol. The number of hydrogen-bond acceptors (Lipinski definition) is 5. The molecule has 1 unspecified atom stereocenters. The minimum atomic E-state index is 0.144. The van der Waals surface area contributed by atoms with Gasteiger partial charge in [-0.1, -0.05) is 35.5 Å². The molecule has 0 aliphatic carbocycles. The number of amides is 1. The molecule has 1 aliphatic heterocycles. The number of methoxy groups -OCH3 is 1. The van der Waals surface area contributed by atoms with Crippen molar-refractivity contribution < 1.29 is 9.53 Å². The number of piperidine rings is 1. The number of likely N-dealkylation sites (tertiary alicyclic amines) is 1. The lowest BCUT2D eigenvalue weighted by molar-refractivity contribution is -0.131. The molecule has 6 nitrogen and oxygen atoms in total. The van der Waals surface area contributed by atoms with Crippen molar-refractivity contribution in [3.8, 4) is 22.8 Å². The predicted octanol–water partition coefficient (Wildman–Crippen LogP) is 5.09. The van der Waals surface area contributed by atoms with Gasteiger partial charge < -0.3 is 9.64 Å². The lowest BCUT2D eigenvalue weighted by atomic mass is 10.0. The molecule has 1 atom stereocenters. The second-order valence-electron chi connectivity index (χ2n) is 7.57. The van der Waals surface area contributed by atoms with Crippen LogP contribution >= 0.6 is 23.4 Å². The Balaban J connectivity index is 1.65. The van der Waals surface area contributed by atoms with Gasteiger partial charge in [0.25, 0.3) is 0 Å². The maximum absolute atomic E-state index is 12.8. The van der Waals surface area contributed by atoms with E-state index in [2.05, 4.69) is 17.1 Å². The maximum atomic E-state index is 12.8. The molecule has 3 aromatic rings. The molecule has 0 N–H and O–H groups in total. The number of benzene rings is 2. The highest BCUT2D eigenvalue weighted by molar-refractivity contribution is 7.99. The summed E-state index contributed by atoms with van der Waals surface area (Å²) in [5, 5.41) is 10.2. The summed E-state index contributed by atoms with van der Waals surface area (Å²) in [7, 11) is 1.64. The van der Waals surface area contributed by atoms with E-state index in [1.807, 2.05) is 58.0 Å². The smallest absolute Gasteiger partial charge is 0.233 e. The molecule has 1 aromatic heterocycles. The predicted molar refractivity (Wildman–Crippen MR) is 124 cm³/mol. The SMILES string of the molecule is COc1cccc(-c2nnc(SCC(=O)N3CCCCC3C)n2-c2ccc(Cl)cc2)c1. The molecule has 8 heteroatoms. The third kappa shape index (κ3) is 4.88. The number of halogens is 1. The first kappa shape index (κ1) is 21.7. The molecular formula is C23H25ClN4O2S. The van der Waals surface area contributed by atoms with E-state index >= 15 is 0 Å². The van der Waals surface area contributed by atoms with Gasteiger partial charge in [0.05, 0.1) is 12.9 Å². The van der Waals surface area contributed by atoms with Crippen molar-refractivity contribution >= 4 is 29.3 Å². The summed E-state index contributed by atoms with van der Waals surface area (Å²) in [6.07, 6.45) is 3.33. The molecule has 0 bridgehead atoms. The van der Waals surface area contributed by atoms with Gasteiger partial charge in [-0.25, -0.2) is 0 Å². The molecule has 2 aromatic carbocycles. The van der Waals surface area contributed by atoms with Crippen molar-refractivity contribution in [1.82, 2.24) is 19.7 Å². The van der Waals surface area contributed by atoms with Crippen molar-refractivity contribution in [3.63, 3.8) is 0 Å². The summed E-state index contributed by atoms with van der Waals surface area (Å²) in [5.41, 5.74) is 1.76. The van der Waals surface area contributed by atoms with Crippen LogP contribution in [0.4, 0.5) is 0 Å². The van der Waals surface area contributed by atoms with Gasteiger partial charge in [-0.05, 0) is 62.6 Å². The summed E-state index contributed by atoms with van der Waals surface area (Å²) < 4.78 is 7.33. The Morgan fingerprint density at radius 1 is 1.19 bits per heavy atom. The van der Waals surface area contributed by atoms with Crippen molar-refractivity contribution in [2.24, 2.45) is 0 Å². The lowest BCUT2D eigenvalue weighted by Gasteiger charge is -2.33. The summed E-state index contributed by atoms with van der Waals surface area (Å²) in [6, 6.07) is 15.5. The molecule has 0 saturated carbocycles. The molecule has 1 saturated heterocycles. The summed E-state index contributed by atoms with van der Waals surface area (Å²) >= 11 is 7.51. The third-order valence-corrected chi connectivity index (χ3v) is 6.66. The van der Waals surface area contributed by atoms with Crippen LogP contribution in [0.15, 0.2) is 53.7 Å². The summed E-state index contributed by atoms with van der Waals surface area (Å²) in [6.45, 7) is 2.96. The fourth-order valence-corrected chi connectivity index (χ4v) is 4.78. The second kappa shape index (κ2) is 9.75. The molecule has 2 heterocycles. The van der Waals surface area contributed by atoms with Crippen LogP contribution < -0.4 is 4.74 Å². The zero-order chi connectivity index (χ0) is 21.8. The molecule has 162 valence electrons. The zero-order valence-corrected chi connectivity index (χ0v) is 19.2. The number of aromatic nitrogens is 3. The minimum absolute atomic E-state index is 0.144. The van der Waals surface area contributed by atoms with Gasteiger partial charge in [0.15, 0.2) is 11.0 Å². The molecule has 0 spiro atoms. The lowest BCUT2D eigenvalue weighted by Crippen LogP contribution is -2.42. The van der Waals surface area contributed by atoms with Crippen LogP contribution in [0.1, 0.15) is 26.2 Å². The highest BCUT2D eigenvalue weighted by atomic mass is 35.5. The average Bonchev–Trinajstić information content (AvgIpc) is 3.22. The first-order valence-corrected chi connectivity index (χ1v) is 11.7. The van der Waals surface area contributed by atoms with E-state index < -0.39 is 0 Å². The van der Waals surface area contributed by atoms with Crippen LogP contribution in [0.25, 0.3) is 17.1 Å². The van der Waals surface area contributed by atoms with E-state index in [9.17, 15) is 4.79 Å². The van der Waals surface area contributed by atoms with Crippen molar-refractivity contribution in [2.45, 2.75) is 37.4 Å². The quantitative estimate of drug-likeness (QED) is 0.483. The van der Waals surface area contributed by atoms with E-state index in [1.54, 1.807) is 7.11 Å².